The first kappa shape index (κ1) is 48.8. The van der Waals surface area contributed by atoms with E-state index in [2.05, 4.69) is 25.0 Å². The van der Waals surface area contributed by atoms with E-state index >= 15 is 0 Å². The zero-order valence-corrected chi connectivity index (χ0v) is 38.8. The van der Waals surface area contributed by atoms with E-state index in [1.807, 2.05) is 33.9 Å². The Balaban J connectivity index is 1.92. The van der Waals surface area contributed by atoms with Crippen molar-refractivity contribution in [3.05, 3.63) is 57.9 Å². The molecule has 0 bridgehead atoms. The summed E-state index contributed by atoms with van der Waals surface area (Å²) in [4.78, 5) is 72.0. The second-order valence-electron chi connectivity index (χ2n) is 17.8. The molecule has 1 aliphatic rings. The fourth-order valence-electron chi connectivity index (χ4n) is 6.00. The molecule has 4 atom stereocenters. The first-order valence-corrected chi connectivity index (χ1v) is 23.1. The van der Waals surface area contributed by atoms with Gasteiger partial charge in [-0.2, -0.15) is 14.9 Å². The maximum Gasteiger partial charge on any atom is 0.425 e. The van der Waals surface area contributed by atoms with Crippen LogP contribution in [0.4, 0.5) is 15.4 Å². The number of fused-ring (bicyclic) bond motifs is 1. The van der Waals surface area contributed by atoms with Crippen LogP contribution in [-0.2, 0) is 48.9 Å². The predicted octanol–water partition coefficient (Wildman–Crippen LogP) is 8.25. The highest BCUT2D eigenvalue weighted by molar-refractivity contribution is 6.74. The van der Waals surface area contributed by atoms with Crippen LogP contribution in [0.1, 0.15) is 88.0 Å². The summed E-state index contributed by atoms with van der Waals surface area (Å²) in [7, 11) is -2.75. The number of nitrogens with zero attached hydrogens (tertiary/aromatic N) is 8. The molecule has 0 unspecified atom stereocenters. The Hall–Kier alpha value is -4.85. The van der Waals surface area contributed by atoms with Crippen molar-refractivity contribution in [1.82, 2.24) is 19.5 Å². The first-order chi connectivity index (χ1) is 28.3. The fourth-order valence-corrected chi connectivity index (χ4v) is 7.45. The van der Waals surface area contributed by atoms with Crippen LogP contribution in [0, 0.1) is 0 Å². The fraction of sp³-hybridized carbons (Fsp3) is 0.625. The lowest BCUT2D eigenvalue weighted by molar-refractivity contribution is -0.195. The summed E-state index contributed by atoms with van der Waals surface area (Å²) in [6.07, 6.45) is -4.62. The predicted molar refractivity (Wildman–Crippen MR) is 226 cm³/mol. The van der Waals surface area contributed by atoms with Crippen LogP contribution in [0.15, 0.2) is 41.8 Å². The lowest BCUT2D eigenvalue weighted by atomic mass is 9.93. The SMILES string of the molecule is CCOC(=O)C(Cc1ccccc1)(OC[C@H]1O[C@@H](n2cnc3c(N(C(=O)OC(C)(C)C)C(=O)OC(C)(C)C)nc(Cl)nc32)[C@H](O[Si](C)(C)C(C)(C)C)[C@@H]1N=[N+]=[N-])C(=O)OCC. The molecular weight excluding hydrogens is 832 g/mol. The highest BCUT2D eigenvalue weighted by Crippen LogP contribution is 2.44. The Labute approximate surface area is 361 Å². The molecule has 0 radical (unpaired) electrons. The van der Waals surface area contributed by atoms with Gasteiger partial charge in [-0.25, -0.2) is 24.2 Å². The molecule has 1 aromatic carbocycles. The number of ether oxygens (including phenoxy) is 6. The van der Waals surface area contributed by atoms with Crippen molar-refractivity contribution in [3.63, 3.8) is 0 Å². The number of carbonyl (C=O) groups excluding carboxylic acids is 4. The Kier molecular flexibility index (Phi) is 15.2. The number of imide groups is 1. The molecule has 1 fully saturated rings. The van der Waals surface area contributed by atoms with Crippen LogP contribution in [-0.4, -0.2) is 107 Å². The number of esters is 2. The summed E-state index contributed by atoms with van der Waals surface area (Å²) in [5.74, 6) is -2.32. The lowest BCUT2D eigenvalue weighted by Crippen LogP contribution is -2.54. The van der Waals surface area contributed by atoms with Crippen molar-refractivity contribution < 1.29 is 52.0 Å². The molecular formula is C40H57ClN8O11Si. The summed E-state index contributed by atoms with van der Waals surface area (Å²) in [5, 5.41) is 3.39. The number of hydrogen-bond donors (Lipinski definition) is 0. The maximum atomic E-state index is 13.8. The topological polar surface area (TPSA) is 228 Å². The van der Waals surface area contributed by atoms with Crippen LogP contribution in [0.2, 0.25) is 23.4 Å². The average Bonchev–Trinajstić information content (AvgIpc) is 3.69. The van der Waals surface area contributed by atoms with Crippen molar-refractivity contribution in [2.75, 3.05) is 24.7 Å². The average molecular weight is 889 g/mol. The van der Waals surface area contributed by atoms with E-state index in [9.17, 15) is 24.7 Å². The molecule has 1 saturated heterocycles. The minimum atomic E-state index is -2.75. The van der Waals surface area contributed by atoms with Gasteiger partial charge in [0.2, 0.25) is 5.28 Å². The maximum absolute atomic E-state index is 13.8. The number of azide groups is 1. The van der Waals surface area contributed by atoms with Gasteiger partial charge in [-0.15, -0.1) is 0 Å². The van der Waals surface area contributed by atoms with E-state index in [1.54, 1.807) is 85.7 Å². The first-order valence-electron chi connectivity index (χ1n) is 19.8. The molecule has 3 aromatic rings. The Morgan fingerprint density at radius 2 is 1.48 bits per heavy atom. The van der Waals surface area contributed by atoms with Gasteiger partial charge in [-0.05, 0) is 96.2 Å². The number of imidazole rings is 1. The number of halogens is 1. The van der Waals surface area contributed by atoms with Crippen molar-refractivity contribution in [1.29, 1.82) is 0 Å². The van der Waals surface area contributed by atoms with Crippen molar-refractivity contribution in [3.8, 4) is 0 Å². The van der Waals surface area contributed by atoms with Crippen LogP contribution in [0.3, 0.4) is 0 Å². The lowest BCUT2D eigenvalue weighted by Gasteiger charge is -2.40. The molecule has 0 saturated carbocycles. The molecule has 19 nitrogen and oxygen atoms in total. The summed E-state index contributed by atoms with van der Waals surface area (Å²) in [6.45, 7) is 22.4. The van der Waals surface area contributed by atoms with E-state index in [0.29, 0.717) is 10.5 Å². The molecule has 0 N–H and O–H groups in total. The molecule has 21 heteroatoms. The number of anilines is 1. The molecule has 1 aliphatic heterocycles. The summed E-state index contributed by atoms with van der Waals surface area (Å²) < 4.78 is 43.4. The standard InChI is InChI=1S/C40H57ClN8O11Si/c1-14-54-32(50)40(33(51)55-15-2,21-24-19-17-16-18-20-24)56-22-25-26(46-47-42)28(60-61(12,13)39(9,10)11)31(57-25)48-23-43-27-29(48)44-34(41)45-30(27)49(35(52)58-37(3,4)5)36(53)59-38(6,7)8/h16-20,23,25-26,28,31H,14-15,21-22H2,1-13H3/t25-,26-,28-,31-/m1/s1. The number of aromatic nitrogens is 4. The van der Waals surface area contributed by atoms with Crippen LogP contribution in [0.5, 0.6) is 0 Å². The number of amides is 2. The number of carbonyl (C=O) groups is 4. The van der Waals surface area contributed by atoms with E-state index < -0.39 is 80.3 Å². The van der Waals surface area contributed by atoms with Gasteiger partial charge in [0, 0.05) is 11.3 Å². The molecule has 3 heterocycles. The number of hydrogen-bond acceptors (Lipinski definition) is 15. The van der Waals surface area contributed by atoms with Gasteiger partial charge >= 0.3 is 24.1 Å². The minimum Gasteiger partial charge on any atom is -0.463 e. The molecule has 334 valence electrons. The molecule has 0 spiro atoms. The van der Waals surface area contributed by atoms with E-state index in [0.717, 1.165) is 0 Å². The van der Waals surface area contributed by atoms with Gasteiger partial charge in [-0.3, -0.25) is 4.57 Å². The van der Waals surface area contributed by atoms with Crippen molar-refractivity contribution in [2.24, 2.45) is 5.11 Å². The zero-order valence-electron chi connectivity index (χ0n) is 37.0. The Morgan fingerprint density at radius 1 is 0.918 bits per heavy atom. The monoisotopic (exact) mass is 888 g/mol. The number of rotatable bonds is 14. The van der Waals surface area contributed by atoms with Gasteiger partial charge in [0.15, 0.2) is 31.5 Å². The van der Waals surface area contributed by atoms with E-state index in [1.165, 1.54) is 10.9 Å². The van der Waals surface area contributed by atoms with Crippen molar-refractivity contribution in [2.45, 2.75) is 142 Å². The third-order valence-electron chi connectivity index (χ3n) is 9.75. The Bertz CT molecular complexity index is 2060. The second kappa shape index (κ2) is 19.0. The van der Waals surface area contributed by atoms with Crippen LogP contribution in [0.25, 0.3) is 21.6 Å². The van der Waals surface area contributed by atoms with Gasteiger partial charge in [0.25, 0.3) is 5.60 Å². The van der Waals surface area contributed by atoms with Gasteiger partial charge in [0.1, 0.15) is 17.3 Å². The van der Waals surface area contributed by atoms with Gasteiger partial charge in [-0.1, -0.05) is 56.2 Å². The van der Waals surface area contributed by atoms with Crippen LogP contribution >= 0.6 is 11.6 Å². The van der Waals surface area contributed by atoms with Gasteiger partial charge < -0.3 is 32.8 Å². The molecule has 0 aliphatic carbocycles. The number of benzene rings is 1. The third-order valence-corrected chi connectivity index (χ3v) is 14.4. The third kappa shape index (κ3) is 11.5. The minimum absolute atomic E-state index is 0.0151. The molecule has 2 aromatic heterocycles. The Morgan fingerprint density at radius 3 is 1.97 bits per heavy atom. The summed E-state index contributed by atoms with van der Waals surface area (Å²) >= 11 is 6.53. The van der Waals surface area contributed by atoms with E-state index in [-0.39, 0.29) is 46.9 Å². The highest BCUT2D eigenvalue weighted by atomic mass is 35.5. The zero-order chi connectivity index (χ0) is 45.7. The molecule has 2 amide bonds. The van der Waals surface area contributed by atoms with Crippen molar-refractivity contribution >= 4 is 61.0 Å². The van der Waals surface area contributed by atoms with Gasteiger partial charge in [0.05, 0.1) is 38.3 Å². The summed E-state index contributed by atoms with van der Waals surface area (Å²) in [6, 6.07) is 7.59. The smallest absolute Gasteiger partial charge is 0.425 e. The largest absolute Gasteiger partial charge is 0.463 e. The van der Waals surface area contributed by atoms with E-state index in [4.69, 9.17) is 44.4 Å². The van der Waals surface area contributed by atoms with Crippen LogP contribution < -0.4 is 4.90 Å². The second-order valence-corrected chi connectivity index (χ2v) is 22.9. The highest BCUT2D eigenvalue weighted by Gasteiger charge is 2.55. The molecule has 4 rings (SSSR count). The normalized spacial score (nSPS) is 18.6. The quantitative estimate of drug-likeness (QED) is 0.0217. The molecule has 61 heavy (non-hydrogen) atoms. The summed E-state index contributed by atoms with van der Waals surface area (Å²) in [5.41, 5.74) is 6.07.